The molecule has 6 nitrogen and oxygen atoms in total. The maximum absolute atomic E-state index is 13.6. The van der Waals surface area contributed by atoms with E-state index in [1.54, 1.807) is 0 Å². The minimum Gasteiger partial charge on any atom is -0.462 e. The molecule has 0 radical (unpaired) electrons. The van der Waals surface area contributed by atoms with E-state index in [4.69, 9.17) is 21.1 Å². The molecule has 0 aliphatic heterocycles. The molecule has 0 bridgehead atoms. The summed E-state index contributed by atoms with van der Waals surface area (Å²) >= 11 is 5.61. The molecule has 2 rings (SSSR count). The number of anilines is 1. The third-order valence-corrected chi connectivity index (χ3v) is 3.56. The van der Waals surface area contributed by atoms with E-state index < -0.39 is 30.3 Å². The standard InChI is InChI=1S/C19H17ClFNO5/c1-2-9-26-18(24)12-3-6-14(7-4-12)22-17(23)11-27-19(25)15-8-5-13(20)10-16(15)21/h3-8,10H,2,9,11H2,1H3,(H,22,23). The number of amides is 1. The molecule has 0 saturated heterocycles. The molecular weight excluding hydrogens is 377 g/mol. The zero-order valence-electron chi connectivity index (χ0n) is 14.5. The second-order valence-electron chi connectivity index (χ2n) is 5.46. The van der Waals surface area contributed by atoms with Crippen molar-refractivity contribution in [2.75, 3.05) is 18.5 Å². The van der Waals surface area contributed by atoms with E-state index in [1.165, 1.54) is 36.4 Å². The lowest BCUT2D eigenvalue weighted by atomic mass is 10.2. The van der Waals surface area contributed by atoms with Gasteiger partial charge < -0.3 is 14.8 Å². The highest BCUT2D eigenvalue weighted by Crippen LogP contribution is 2.15. The summed E-state index contributed by atoms with van der Waals surface area (Å²) in [5.41, 5.74) is 0.439. The molecule has 1 N–H and O–H groups in total. The predicted octanol–water partition coefficient (Wildman–Crippen LogP) is 3.84. The number of carbonyl (C=O) groups excluding carboxylic acids is 3. The van der Waals surface area contributed by atoms with Gasteiger partial charge >= 0.3 is 11.9 Å². The molecule has 0 aliphatic rings. The first-order valence-electron chi connectivity index (χ1n) is 8.10. The van der Waals surface area contributed by atoms with Crippen LogP contribution in [0.5, 0.6) is 0 Å². The van der Waals surface area contributed by atoms with E-state index in [-0.39, 0.29) is 10.6 Å². The van der Waals surface area contributed by atoms with Crippen LogP contribution in [0.2, 0.25) is 5.02 Å². The van der Waals surface area contributed by atoms with Gasteiger partial charge in [0.05, 0.1) is 17.7 Å². The normalized spacial score (nSPS) is 10.2. The molecule has 142 valence electrons. The number of hydrogen-bond donors (Lipinski definition) is 1. The lowest BCUT2D eigenvalue weighted by molar-refractivity contribution is -0.119. The molecule has 2 aromatic rings. The third-order valence-electron chi connectivity index (χ3n) is 3.33. The zero-order valence-corrected chi connectivity index (χ0v) is 15.2. The van der Waals surface area contributed by atoms with Crippen molar-refractivity contribution < 1.29 is 28.2 Å². The fourth-order valence-corrected chi connectivity index (χ4v) is 2.19. The third kappa shape index (κ3) is 6.07. The quantitative estimate of drug-likeness (QED) is 0.723. The Hall–Kier alpha value is -2.93. The molecule has 0 fully saturated rings. The Kier molecular flexibility index (Phi) is 7.31. The minimum atomic E-state index is -0.978. The first kappa shape index (κ1) is 20.4. The van der Waals surface area contributed by atoms with Gasteiger partial charge in [0, 0.05) is 10.7 Å². The van der Waals surface area contributed by atoms with Crippen LogP contribution in [0.1, 0.15) is 34.1 Å². The number of nitrogens with one attached hydrogen (secondary N) is 1. The molecule has 27 heavy (non-hydrogen) atoms. The number of carbonyl (C=O) groups is 3. The van der Waals surface area contributed by atoms with E-state index in [1.807, 2.05) is 6.92 Å². The van der Waals surface area contributed by atoms with Crippen molar-refractivity contribution in [1.82, 2.24) is 0 Å². The number of ether oxygens (including phenoxy) is 2. The fourth-order valence-electron chi connectivity index (χ4n) is 2.03. The number of halogens is 2. The van der Waals surface area contributed by atoms with Crippen molar-refractivity contribution in [1.29, 1.82) is 0 Å². The molecule has 1 amide bonds. The van der Waals surface area contributed by atoms with Crippen LogP contribution in [-0.4, -0.2) is 31.1 Å². The first-order valence-corrected chi connectivity index (χ1v) is 8.47. The summed E-state index contributed by atoms with van der Waals surface area (Å²) in [5.74, 6) is -2.88. The summed E-state index contributed by atoms with van der Waals surface area (Å²) in [6.07, 6.45) is 0.721. The number of rotatable bonds is 7. The van der Waals surface area contributed by atoms with Gasteiger partial charge in [-0.25, -0.2) is 14.0 Å². The summed E-state index contributed by atoms with van der Waals surface area (Å²) in [6, 6.07) is 9.53. The largest absolute Gasteiger partial charge is 0.462 e. The molecule has 8 heteroatoms. The van der Waals surface area contributed by atoms with E-state index >= 15 is 0 Å². The monoisotopic (exact) mass is 393 g/mol. The Bertz CT molecular complexity index is 838. The Morgan fingerprint density at radius 3 is 2.37 bits per heavy atom. The SMILES string of the molecule is CCCOC(=O)c1ccc(NC(=O)COC(=O)c2ccc(Cl)cc2F)cc1. The lowest BCUT2D eigenvalue weighted by Gasteiger charge is -2.08. The summed E-state index contributed by atoms with van der Waals surface area (Å²) in [4.78, 5) is 35.3. The van der Waals surface area contributed by atoms with Gasteiger partial charge in [0.15, 0.2) is 6.61 Å². The maximum atomic E-state index is 13.6. The summed E-state index contributed by atoms with van der Waals surface area (Å²) < 4.78 is 23.4. The molecule has 0 aliphatic carbocycles. The first-order chi connectivity index (χ1) is 12.9. The Labute approximate surface area is 160 Å². The Morgan fingerprint density at radius 1 is 1.04 bits per heavy atom. The van der Waals surface area contributed by atoms with E-state index in [0.717, 1.165) is 12.5 Å². The average molecular weight is 394 g/mol. The minimum absolute atomic E-state index is 0.142. The topological polar surface area (TPSA) is 81.7 Å². The van der Waals surface area contributed by atoms with Crippen LogP contribution in [0.3, 0.4) is 0 Å². The summed E-state index contributed by atoms with van der Waals surface area (Å²) in [6.45, 7) is 1.62. The Balaban J connectivity index is 1.86. The van der Waals surface area contributed by atoms with Crippen LogP contribution < -0.4 is 5.32 Å². The van der Waals surface area contributed by atoms with E-state index in [0.29, 0.717) is 17.9 Å². The van der Waals surface area contributed by atoms with Crippen molar-refractivity contribution in [3.8, 4) is 0 Å². The van der Waals surface area contributed by atoms with Gasteiger partial charge in [-0.2, -0.15) is 0 Å². The predicted molar refractivity (Wildman–Crippen MR) is 97.3 cm³/mol. The Morgan fingerprint density at radius 2 is 1.74 bits per heavy atom. The fraction of sp³-hybridized carbons (Fsp3) is 0.211. The van der Waals surface area contributed by atoms with Crippen molar-refractivity contribution >= 4 is 35.1 Å². The van der Waals surface area contributed by atoms with Crippen LogP contribution in [0, 0.1) is 5.82 Å². The van der Waals surface area contributed by atoms with Crippen molar-refractivity contribution in [2.45, 2.75) is 13.3 Å². The van der Waals surface area contributed by atoms with Crippen LogP contribution in [-0.2, 0) is 14.3 Å². The number of esters is 2. The number of hydrogen-bond acceptors (Lipinski definition) is 5. The summed E-state index contributed by atoms with van der Waals surface area (Å²) in [7, 11) is 0. The highest BCUT2D eigenvalue weighted by molar-refractivity contribution is 6.30. The second-order valence-corrected chi connectivity index (χ2v) is 5.90. The van der Waals surface area contributed by atoms with Crippen molar-refractivity contribution in [3.05, 3.63) is 64.4 Å². The van der Waals surface area contributed by atoms with Gasteiger partial charge in [0.25, 0.3) is 5.91 Å². The molecule has 0 unspecified atom stereocenters. The maximum Gasteiger partial charge on any atom is 0.341 e. The zero-order chi connectivity index (χ0) is 19.8. The van der Waals surface area contributed by atoms with Gasteiger partial charge in [-0.3, -0.25) is 4.79 Å². The van der Waals surface area contributed by atoms with Gasteiger partial charge in [0.2, 0.25) is 0 Å². The average Bonchev–Trinajstić information content (AvgIpc) is 2.64. The van der Waals surface area contributed by atoms with Crippen LogP contribution in [0.4, 0.5) is 10.1 Å². The van der Waals surface area contributed by atoms with Crippen LogP contribution in [0.25, 0.3) is 0 Å². The van der Waals surface area contributed by atoms with Crippen LogP contribution in [0.15, 0.2) is 42.5 Å². The van der Waals surface area contributed by atoms with Gasteiger partial charge in [-0.05, 0) is 48.9 Å². The second kappa shape index (κ2) is 9.68. The van der Waals surface area contributed by atoms with Gasteiger partial charge in [-0.1, -0.05) is 18.5 Å². The molecule has 0 saturated carbocycles. The lowest BCUT2D eigenvalue weighted by Crippen LogP contribution is -2.21. The van der Waals surface area contributed by atoms with Crippen LogP contribution >= 0.6 is 11.6 Å². The smallest absolute Gasteiger partial charge is 0.341 e. The molecule has 0 atom stereocenters. The highest BCUT2D eigenvalue weighted by atomic mass is 35.5. The molecule has 0 heterocycles. The molecule has 2 aromatic carbocycles. The van der Waals surface area contributed by atoms with Crippen molar-refractivity contribution in [2.24, 2.45) is 0 Å². The number of benzene rings is 2. The molecule has 0 spiro atoms. The van der Waals surface area contributed by atoms with Gasteiger partial charge in [-0.15, -0.1) is 0 Å². The van der Waals surface area contributed by atoms with E-state index in [2.05, 4.69) is 5.32 Å². The highest BCUT2D eigenvalue weighted by Gasteiger charge is 2.15. The summed E-state index contributed by atoms with van der Waals surface area (Å²) in [5, 5.41) is 2.64. The van der Waals surface area contributed by atoms with Crippen molar-refractivity contribution in [3.63, 3.8) is 0 Å². The molecule has 0 aromatic heterocycles. The molecular formula is C19H17ClFNO5. The van der Waals surface area contributed by atoms with Gasteiger partial charge in [0.1, 0.15) is 5.82 Å². The van der Waals surface area contributed by atoms with E-state index in [9.17, 15) is 18.8 Å².